The smallest absolute Gasteiger partial charge is 0.137 e. The lowest BCUT2D eigenvalue weighted by atomic mass is 9.98. The highest BCUT2D eigenvalue weighted by Gasteiger charge is 2.15. The fourth-order valence-electron chi connectivity index (χ4n) is 4.68. The van der Waals surface area contributed by atoms with Crippen molar-refractivity contribution in [3.05, 3.63) is 115 Å². The lowest BCUT2D eigenvalue weighted by Gasteiger charge is -2.32. The summed E-state index contributed by atoms with van der Waals surface area (Å²) in [7, 11) is 2.20. The summed E-state index contributed by atoms with van der Waals surface area (Å²) in [6, 6.07) is 21.3. The molecule has 2 aromatic carbocycles. The van der Waals surface area contributed by atoms with E-state index in [1.54, 1.807) is 0 Å². The molecule has 1 aliphatic rings. The third kappa shape index (κ3) is 5.19. The number of hydrogen-bond donors (Lipinski definition) is 1. The van der Waals surface area contributed by atoms with Crippen molar-refractivity contribution in [3.8, 4) is 11.1 Å². The van der Waals surface area contributed by atoms with E-state index in [4.69, 9.17) is 4.98 Å². The Bertz CT molecular complexity index is 1370. The van der Waals surface area contributed by atoms with Crippen LogP contribution in [-0.4, -0.2) is 53.0 Å². The normalized spacial score (nSPS) is 15.4. The highest BCUT2D eigenvalue weighted by Crippen LogP contribution is 2.31. The summed E-state index contributed by atoms with van der Waals surface area (Å²) < 4.78 is 0. The Hall–Kier alpha value is -3.73. The monoisotopic (exact) mass is 460 g/mol. The van der Waals surface area contributed by atoms with Crippen LogP contribution < -0.4 is 0 Å². The summed E-state index contributed by atoms with van der Waals surface area (Å²) >= 11 is 0. The second kappa shape index (κ2) is 10.3. The molecule has 0 atom stereocenters. The van der Waals surface area contributed by atoms with Gasteiger partial charge in [-0.3, -0.25) is 4.90 Å². The number of nitrogens with zero attached hydrogens (tertiary/aromatic N) is 3. The number of benzene rings is 2. The van der Waals surface area contributed by atoms with E-state index < -0.39 is 0 Å². The first-order chi connectivity index (χ1) is 17.1. The molecule has 3 heterocycles. The van der Waals surface area contributed by atoms with E-state index in [1.807, 2.05) is 36.7 Å². The fraction of sp³-hybridized carbons (Fsp3) is 0.194. The molecule has 4 nitrogen and oxygen atoms in total. The summed E-state index contributed by atoms with van der Waals surface area (Å²) in [4.78, 5) is 13.0. The highest BCUT2D eigenvalue weighted by molar-refractivity contribution is 5.98. The lowest BCUT2D eigenvalue weighted by Crippen LogP contribution is -2.43. The van der Waals surface area contributed by atoms with Crippen LogP contribution in [0.5, 0.6) is 0 Å². The minimum absolute atomic E-state index is 0.871. The predicted molar refractivity (Wildman–Crippen MR) is 148 cm³/mol. The van der Waals surface area contributed by atoms with Crippen LogP contribution in [0.1, 0.15) is 16.7 Å². The molecule has 0 radical (unpaired) electrons. The standard InChI is InChI=1S/C31H32N4/c1-4-25(17-23(2)26-10-6-5-7-11-26)30-21-33-31-29(30)19-28(20-32-31)27-12-8-9-24(18-27)22-35-15-13-34(3)14-16-35/h4-12,17-21H,1-2,13-16,22H2,3H3,(H,32,33)/b25-17+. The van der Waals surface area contributed by atoms with E-state index in [9.17, 15) is 0 Å². The van der Waals surface area contributed by atoms with E-state index in [1.165, 1.54) is 11.1 Å². The molecule has 0 saturated carbocycles. The Labute approximate surface area is 207 Å². The van der Waals surface area contributed by atoms with Gasteiger partial charge in [-0.15, -0.1) is 0 Å². The molecule has 176 valence electrons. The number of pyridine rings is 1. The molecular formula is C31H32N4. The molecule has 0 spiro atoms. The van der Waals surface area contributed by atoms with Crippen molar-refractivity contribution in [2.75, 3.05) is 33.2 Å². The molecule has 1 N–H and O–H groups in total. The molecule has 4 aromatic rings. The van der Waals surface area contributed by atoms with Crippen LogP contribution in [-0.2, 0) is 6.54 Å². The van der Waals surface area contributed by atoms with Crippen LogP contribution in [0.15, 0.2) is 98.4 Å². The van der Waals surface area contributed by atoms with Gasteiger partial charge in [-0.05, 0) is 53.1 Å². The van der Waals surface area contributed by atoms with Gasteiger partial charge >= 0.3 is 0 Å². The molecule has 0 unspecified atom stereocenters. The maximum Gasteiger partial charge on any atom is 0.137 e. The number of piperazine rings is 1. The maximum absolute atomic E-state index is 4.73. The number of rotatable bonds is 7. The molecule has 0 aliphatic carbocycles. The number of hydrogen-bond acceptors (Lipinski definition) is 3. The average molecular weight is 461 g/mol. The van der Waals surface area contributed by atoms with Gasteiger partial charge < -0.3 is 9.88 Å². The van der Waals surface area contributed by atoms with Crippen molar-refractivity contribution >= 4 is 22.2 Å². The zero-order valence-electron chi connectivity index (χ0n) is 20.4. The Kier molecular flexibility index (Phi) is 6.75. The average Bonchev–Trinajstić information content (AvgIpc) is 3.32. The first kappa shape index (κ1) is 23.0. The van der Waals surface area contributed by atoms with Gasteiger partial charge in [0.25, 0.3) is 0 Å². The van der Waals surface area contributed by atoms with Crippen molar-refractivity contribution in [3.63, 3.8) is 0 Å². The molecule has 2 aromatic heterocycles. The molecule has 1 fully saturated rings. The van der Waals surface area contributed by atoms with E-state index in [-0.39, 0.29) is 0 Å². The number of nitrogens with one attached hydrogen (secondary N) is 1. The molecule has 0 bridgehead atoms. The summed E-state index contributed by atoms with van der Waals surface area (Å²) in [5.41, 5.74) is 8.67. The van der Waals surface area contributed by atoms with E-state index in [0.29, 0.717) is 0 Å². The minimum Gasteiger partial charge on any atom is -0.346 e. The van der Waals surface area contributed by atoms with Crippen molar-refractivity contribution in [1.29, 1.82) is 0 Å². The molecular weight excluding hydrogens is 428 g/mol. The van der Waals surface area contributed by atoms with E-state index in [2.05, 4.69) is 83.5 Å². The number of likely N-dealkylation sites (N-methyl/N-ethyl adjacent to an activating group) is 1. The summed E-state index contributed by atoms with van der Waals surface area (Å²) in [5.74, 6) is 0. The van der Waals surface area contributed by atoms with Crippen LogP contribution in [0.2, 0.25) is 0 Å². The molecule has 1 saturated heterocycles. The number of aromatic nitrogens is 2. The number of H-pyrrole nitrogens is 1. The lowest BCUT2D eigenvalue weighted by molar-refractivity contribution is 0.148. The molecule has 0 amide bonds. The van der Waals surface area contributed by atoms with Crippen molar-refractivity contribution in [2.24, 2.45) is 0 Å². The summed E-state index contributed by atoms with van der Waals surface area (Å²) in [5, 5.41) is 1.08. The van der Waals surface area contributed by atoms with Crippen molar-refractivity contribution in [2.45, 2.75) is 6.54 Å². The first-order valence-electron chi connectivity index (χ1n) is 12.2. The number of allylic oxidation sites excluding steroid dienone is 4. The van der Waals surface area contributed by atoms with Crippen molar-refractivity contribution < 1.29 is 0 Å². The minimum atomic E-state index is 0.871. The van der Waals surface area contributed by atoms with Gasteiger partial charge in [-0.2, -0.15) is 0 Å². The zero-order valence-corrected chi connectivity index (χ0v) is 20.4. The topological polar surface area (TPSA) is 35.2 Å². The van der Waals surface area contributed by atoms with Crippen LogP contribution in [0.4, 0.5) is 0 Å². The third-order valence-corrected chi connectivity index (χ3v) is 6.80. The van der Waals surface area contributed by atoms with Gasteiger partial charge in [0, 0.05) is 61.6 Å². The zero-order chi connectivity index (χ0) is 24.2. The van der Waals surface area contributed by atoms with Gasteiger partial charge in [0.15, 0.2) is 0 Å². The molecule has 35 heavy (non-hydrogen) atoms. The van der Waals surface area contributed by atoms with Crippen LogP contribution in [0.3, 0.4) is 0 Å². The van der Waals surface area contributed by atoms with Crippen LogP contribution in [0.25, 0.3) is 33.3 Å². The second-order valence-corrected chi connectivity index (χ2v) is 9.30. The van der Waals surface area contributed by atoms with Gasteiger partial charge in [0.2, 0.25) is 0 Å². The van der Waals surface area contributed by atoms with Gasteiger partial charge in [0.05, 0.1) is 0 Å². The van der Waals surface area contributed by atoms with Crippen LogP contribution in [0, 0.1) is 0 Å². The molecule has 4 heteroatoms. The Morgan fingerprint density at radius 3 is 2.57 bits per heavy atom. The first-order valence-corrected chi connectivity index (χ1v) is 12.2. The van der Waals surface area contributed by atoms with Crippen LogP contribution >= 0.6 is 0 Å². The number of fused-ring (bicyclic) bond motifs is 1. The van der Waals surface area contributed by atoms with Crippen molar-refractivity contribution in [1.82, 2.24) is 19.8 Å². The maximum atomic E-state index is 4.73. The highest BCUT2D eigenvalue weighted by atomic mass is 15.2. The second-order valence-electron chi connectivity index (χ2n) is 9.30. The van der Waals surface area contributed by atoms with E-state index in [0.717, 1.165) is 71.6 Å². The van der Waals surface area contributed by atoms with Gasteiger partial charge in [-0.25, -0.2) is 4.98 Å². The molecule has 5 rings (SSSR count). The Morgan fingerprint density at radius 1 is 1.00 bits per heavy atom. The fourth-order valence-corrected chi connectivity index (χ4v) is 4.68. The Balaban J connectivity index is 1.44. The predicted octanol–water partition coefficient (Wildman–Crippen LogP) is 6.26. The summed E-state index contributed by atoms with van der Waals surface area (Å²) in [6.07, 6.45) is 7.95. The number of aromatic amines is 1. The third-order valence-electron chi connectivity index (χ3n) is 6.80. The van der Waals surface area contributed by atoms with E-state index >= 15 is 0 Å². The molecule has 1 aliphatic heterocycles. The quantitative estimate of drug-likeness (QED) is 0.331. The largest absolute Gasteiger partial charge is 0.346 e. The van der Waals surface area contributed by atoms with Gasteiger partial charge in [0.1, 0.15) is 5.65 Å². The summed E-state index contributed by atoms with van der Waals surface area (Å²) in [6.45, 7) is 13.8. The Morgan fingerprint density at radius 2 is 1.80 bits per heavy atom. The SMILES string of the molecule is C=C/C(=C\C(=C)c1ccccc1)c1c[nH]c2ncc(-c3cccc(CN4CCN(C)CC4)c3)cc12. The van der Waals surface area contributed by atoms with Gasteiger partial charge in [-0.1, -0.05) is 67.8 Å².